The lowest BCUT2D eigenvalue weighted by molar-refractivity contribution is -0.136. The summed E-state index contributed by atoms with van der Waals surface area (Å²) < 4.78 is 0. The molecule has 4 heteroatoms. The Morgan fingerprint density at radius 3 is 1.81 bits per heavy atom. The van der Waals surface area contributed by atoms with Gasteiger partial charge in [0.2, 0.25) is 0 Å². The van der Waals surface area contributed by atoms with Crippen molar-refractivity contribution >= 4 is 18.4 Å². The van der Waals surface area contributed by atoms with E-state index in [0.29, 0.717) is 12.3 Å². The van der Waals surface area contributed by atoms with Crippen LogP contribution in [0, 0.1) is 0 Å². The maximum Gasteiger partial charge on any atom is 0.303 e. The van der Waals surface area contributed by atoms with Gasteiger partial charge in [-0.3, -0.25) is 4.79 Å². The van der Waals surface area contributed by atoms with Gasteiger partial charge in [-0.2, -0.15) is 0 Å². The minimum absolute atomic E-state index is 0. The van der Waals surface area contributed by atoms with Crippen LogP contribution in [0.15, 0.2) is 48.5 Å². The number of hydrogen-bond acceptors (Lipinski definition) is 2. The van der Waals surface area contributed by atoms with Crippen molar-refractivity contribution in [1.29, 1.82) is 0 Å². The minimum atomic E-state index is -0.739. The van der Waals surface area contributed by atoms with Gasteiger partial charge >= 0.3 is 5.97 Å². The molecule has 1 saturated heterocycles. The van der Waals surface area contributed by atoms with Gasteiger partial charge in [0.25, 0.3) is 0 Å². The van der Waals surface area contributed by atoms with Crippen LogP contribution < -0.4 is 5.32 Å². The number of aryl methyl sites for hydroxylation is 3. The van der Waals surface area contributed by atoms with Crippen molar-refractivity contribution in [2.24, 2.45) is 0 Å². The number of carboxylic acids is 1. The molecule has 2 aromatic carbocycles. The van der Waals surface area contributed by atoms with Crippen molar-refractivity contribution < 1.29 is 9.90 Å². The molecule has 0 aromatic heterocycles. The molecule has 2 aromatic rings. The highest BCUT2D eigenvalue weighted by molar-refractivity contribution is 5.85. The second-order valence-corrected chi connectivity index (χ2v) is 6.98. The molecule has 0 atom stereocenters. The van der Waals surface area contributed by atoms with Crippen LogP contribution >= 0.6 is 12.4 Å². The van der Waals surface area contributed by atoms with Crippen molar-refractivity contribution in [2.45, 2.75) is 44.4 Å². The first-order valence-corrected chi connectivity index (χ1v) is 9.30. The third kappa shape index (κ3) is 6.15. The SMILES string of the molecule is Cl.O=C(O)CCc1ccc(CCc2ccc(C3CCNCC3)cc2)cc1. The molecule has 0 radical (unpaired) electrons. The van der Waals surface area contributed by atoms with Crippen molar-refractivity contribution in [3.63, 3.8) is 0 Å². The Kier molecular flexibility index (Phi) is 8.14. The summed E-state index contributed by atoms with van der Waals surface area (Å²) in [5, 5.41) is 12.2. The molecule has 3 rings (SSSR count). The first-order valence-electron chi connectivity index (χ1n) is 9.30. The third-order valence-corrected chi connectivity index (χ3v) is 5.14. The van der Waals surface area contributed by atoms with Gasteiger partial charge in [0.15, 0.2) is 0 Å². The number of carboxylic acid groups (broad SMARTS) is 1. The summed E-state index contributed by atoms with van der Waals surface area (Å²) in [6, 6.07) is 17.5. The average Bonchev–Trinajstić information content (AvgIpc) is 2.66. The number of aliphatic carboxylic acids is 1. The van der Waals surface area contributed by atoms with E-state index in [1.165, 1.54) is 29.5 Å². The van der Waals surface area contributed by atoms with Crippen molar-refractivity contribution in [1.82, 2.24) is 5.32 Å². The maximum absolute atomic E-state index is 10.6. The summed E-state index contributed by atoms with van der Waals surface area (Å²) in [6.07, 6.45) is 5.35. The number of carbonyl (C=O) groups is 1. The van der Waals surface area contributed by atoms with E-state index in [1.54, 1.807) is 0 Å². The smallest absolute Gasteiger partial charge is 0.303 e. The van der Waals surface area contributed by atoms with E-state index in [0.717, 1.165) is 31.5 Å². The highest BCUT2D eigenvalue weighted by atomic mass is 35.5. The van der Waals surface area contributed by atoms with Gasteiger partial charge in [-0.25, -0.2) is 0 Å². The average molecular weight is 374 g/mol. The zero-order valence-electron chi connectivity index (χ0n) is 15.1. The Labute approximate surface area is 162 Å². The first-order chi connectivity index (χ1) is 12.2. The van der Waals surface area contributed by atoms with E-state index in [-0.39, 0.29) is 18.8 Å². The minimum Gasteiger partial charge on any atom is -0.481 e. The summed E-state index contributed by atoms with van der Waals surface area (Å²) in [5.41, 5.74) is 5.26. The topological polar surface area (TPSA) is 49.3 Å². The highest BCUT2D eigenvalue weighted by Gasteiger charge is 2.14. The van der Waals surface area contributed by atoms with E-state index in [1.807, 2.05) is 0 Å². The summed E-state index contributed by atoms with van der Waals surface area (Å²) >= 11 is 0. The highest BCUT2D eigenvalue weighted by Crippen LogP contribution is 2.25. The first kappa shape index (κ1) is 20.5. The van der Waals surface area contributed by atoms with Crippen LogP contribution in [0.2, 0.25) is 0 Å². The fraction of sp³-hybridized carbons (Fsp3) is 0.409. The van der Waals surface area contributed by atoms with E-state index in [4.69, 9.17) is 5.11 Å². The van der Waals surface area contributed by atoms with Crippen molar-refractivity contribution in [3.05, 3.63) is 70.8 Å². The van der Waals surface area contributed by atoms with E-state index >= 15 is 0 Å². The summed E-state index contributed by atoms with van der Waals surface area (Å²) in [5.74, 6) is -0.0225. The predicted molar refractivity (Wildman–Crippen MR) is 108 cm³/mol. The summed E-state index contributed by atoms with van der Waals surface area (Å²) in [6.45, 7) is 2.27. The van der Waals surface area contributed by atoms with Gasteiger partial charge in [-0.1, -0.05) is 48.5 Å². The van der Waals surface area contributed by atoms with Gasteiger partial charge in [-0.05, 0) is 73.4 Å². The van der Waals surface area contributed by atoms with Crippen LogP contribution in [0.3, 0.4) is 0 Å². The fourth-order valence-electron chi connectivity index (χ4n) is 3.52. The van der Waals surface area contributed by atoms with Crippen molar-refractivity contribution in [3.8, 4) is 0 Å². The lowest BCUT2D eigenvalue weighted by Crippen LogP contribution is -2.26. The Morgan fingerprint density at radius 1 is 0.846 bits per heavy atom. The predicted octanol–water partition coefficient (Wildman–Crippen LogP) is 4.38. The molecular formula is C22H28ClNO2. The Bertz CT molecular complexity index is 676. The third-order valence-electron chi connectivity index (χ3n) is 5.14. The summed E-state index contributed by atoms with van der Waals surface area (Å²) in [7, 11) is 0. The van der Waals surface area contributed by atoms with E-state index < -0.39 is 5.97 Å². The van der Waals surface area contributed by atoms with Gasteiger partial charge in [-0.15, -0.1) is 12.4 Å². The molecule has 140 valence electrons. The van der Waals surface area contributed by atoms with Crippen LogP contribution in [0.1, 0.15) is 47.4 Å². The Balaban J connectivity index is 0.00000243. The molecule has 26 heavy (non-hydrogen) atoms. The molecule has 1 aliphatic heterocycles. The van der Waals surface area contributed by atoms with Crippen LogP contribution in [-0.2, 0) is 24.1 Å². The Hall–Kier alpha value is -1.84. The molecule has 0 amide bonds. The number of hydrogen-bond donors (Lipinski definition) is 2. The van der Waals surface area contributed by atoms with Crippen molar-refractivity contribution in [2.75, 3.05) is 13.1 Å². The van der Waals surface area contributed by atoms with Crippen LogP contribution in [-0.4, -0.2) is 24.2 Å². The monoisotopic (exact) mass is 373 g/mol. The normalized spacial score (nSPS) is 14.6. The molecule has 0 unspecified atom stereocenters. The molecule has 2 N–H and O–H groups in total. The molecule has 1 heterocycles. The second kappa shape index (κ2) is 10.3. The quantitative estimate of drug-likeness (QED) is 0.757. The van der Waals surface area contributed by atoms with Crippen LogP contribution in [0.25, 0.3) is 0 Å². The number of nitrogens with one attached hydrogen (secondary N) is 1. The lowest BCUT2D eigenvalue weighted by Gasteiger charge is -2.23. The molecular weight excluding hydrogens is 346 g/mol. The molecule has 3 nitrogen and oxygen atoms in total. The van der Waals surface area contributed by atoms with Gasteiger partial charge in [0, 0.05) is 6.42 Å². The number of benzene rings is 2. The lowest BCUT2D eigenvalue weighted by atomic mass is 9.89. The fourth-order valence-corrected chi connectivity index (χ4v) is 3.52. The standard InChI is InChI=1S/C22H27NO2.ClH/c24-22(25)12-9-18-4-1-17(2-5-18)3-6-19-7-10-20(11-8-19)21-13-15-23-16-14-21;/h1-2,4-5,7-8,10-11,21,23H,3,6,9,12-16H2,(H,24,25);1H. The molecule has 0 spiro atoms. The number of piperidine rings is 1. The van der Waals surface area contributed by atoms with Gasteiger partial charge in [0.05, 0.1) is 0 Å². The maximum atomic E-state index is 10.6. The van der Waals surface area contributed by atoms with Crippen LogP contribution in [0.4, 0.5) is 0 Å². The summed E-state index contributed by atoms with van der Waals surface area (Å²) in [4.78, 5) is 10.6. The molecule has 0 saturated carbocycles. The number of rotatable bonds is 7. The molecule has 1 fully saturated rings. The van der Waals surface area contributed by atoms with E-state index in [2.05, 4.69) is 53.8 Å². The number of halogens is 1. The van der Waals surface area contributed by atoms with Crippen LogP contribution in [0.5, 0.6) is 0 Å². The Morgan fingerprint density at radius 2 is 1.31 bits per heavy atom. The molecule has 0 aliphatic carbocycles. The molecule has 1 aliphatic rings. The van der Waals surface area contributed by atoms with Gasteiger partial charge in [0.1, 0.15) is 0 Å². The largest absolute Gasteiger partial charge is 0.481 e. The second-order valence-electron chi connectivity index (χ2n) is 6.98. The van der Waals surface area contributed by atoms with E-state index in [9.17, 15) is 4.79 Å². The zero-order valence-corrected chi connectivity index (χ0v) is 15.9. The van der Waals surface area contributed by atoms with Gasteiger partial charge < -0.3 is 10.4 Å². The molecule has 0 bridgehead atoms. The zero-order chi connectivity index (χ0) is 17.5.